The van der Waals surface area contributed by atoms with Crippen LogP contribution in [-0.4, -0.2) is 38.0 Å². The lowest BCUT2D eigenvalue weighted by atomic mass is 10.1. The molecule has 1 aliphatic rings. The van der Waals surface area contributed by atoms with Crippen molar-refractivity contribution in [1.82, 2.24) is 25.0 Å². The summed E-state index contributed by atoms with van der Waals surface area (Å²) in [5.74, 6) is -2.69. The molecular weight excluding hydrogens is 408 g/mol. The molecule has 9 nitrogen and oxygen atoms in total. The van der Waals surface area contributed by atoms with Gasteiger partial charge in [-0.2, -0.15) is 15.0 Å². The van der Waals surface area contributed by atoms with Gasteiger partial charge in [0.1, 0.15) is 11.5 Å². The number of rotatable bonds is 7. The minimum Gasteiger partial charge on any atom is -0.492 e. The first-order chi connectivity index (χ1) is 14.8. The normalized spacial score (nSPS) is 13.7. The van der Waals surface area contributed by atoms with Gasteiger partial charge in [-0.05, 0) is 18.9 Å². The molecule has 1 aliphatic carbocycles. The second kappa shape index (κ2) is 7.89. The summed E-state index contributed by atoms with van der Waals surface area (Å²) < 4.78 is 34.0. The van der Waals surface area contributed by atoms with E-state index in [1.165, 1.54) is 24.2 Å². The van der Waals surface area contributed by atoms with E-state index in [0.29, 0.717) is 17.0 Å². The Morgan fingerprint density at radius 2 is 2.06 bits per heavy atom. The molecule has 3 aromatic rings. The summed E-state index contributed by atoms with van der Waals surface area (Å²) in [5.41, 5.74) is 0.841. The van der Waals surface area contributed by atoms with Crippen molar-refractivity contribution in [2.45, 2.75) is 25.7 Å². The molecule has 4 rings (SSSR count). The van der Waals surface area contributed by atoms with E-state index in [0.717, 1.165) is 26.0 Å². The van der Waals surface area contributed by atoms with Crippen LogP contribution in [0.25, 0.3) is 11.3 Å². The molecule has 3 heterocycles. The maximum atomic E-state index is 14.2. The van der Waals surface area contributed by atoms with E-state index in [9.17, 15) is 13.6 Å². The fraction of sp³-hybridized carbons (Fsp3) is 0.350. The average Bonchev–Trinajstić information content (AvgIpc) is 3.48. The van der Waals surface area contributed by atoms with Crippen LogP contribution in [0.5, 0.6) is 5.75 Å². The fourth-order valence-corrected chi connectivity index (χ4v) is 3.09. The van der Waals surface area contributed by atoms with Gasteiger partial charge in [-0.15, -0.1) is 0 Å². The molecule has 1 fully saturated rings. The van der Waals surface area contributed by atoms with Gasteiger partial charge < -0.3 is 15.4 Å². The van der Waals surface area contributed by atoms with Gasteiger partial charge in [-0.25, -0.2) is 18.7 Å². The van der Waals surface area contributed by atoms with Gasteiger partial charge in [0.2, 0.25) is 5.91 Å². The molecule has 11 heteroatoms. The van der Waals surface area contributed by atoms with Crippen molar-refractivity contribution in [2.75, 3.05) is 17.7 Å². The molecule has 0 spiro atoms. The highest BCUT2D eigenvalue weighted by atomic mass is 19.3. The van der Waals surface area contributed by atoms with Gasteiger partial charge in [0.25, 0.3) is 5.92 Å². The van der Waals surface area contributed by atoms with Crippen LogP contribution >= 0.6 is 0 Å². The predicted molar refractivity (Wildman–Crippen MR) is 109 cm³/mol. The van der Waals surface area contributed by atoms with E-state index in [4.69, 9.17) is 4.74 Å². The maximum absolute atomic E-state index is 14.2. The van der Waals surface area contributed by atoms with Gasteiger partial charge in [-0.3, -0.25) is 4.79 Å². The lowest BCUT2D eigenvalue weighted by Gasteiger charge is -2.19. The molecule has 0 radical (unpaired) electrons. The van der Waals surface area contributed by atoms with Crippen molar-refractivity contribution in [3.63, 3.8) is 0 Å². The van der Waals surface area contributed by atoms with Crippen LogP contribution in [0, 0.1) is 5.92 Å². The first-order valence-corrected chi connectivity index (χ1v) is 9.62. The Morgan fingerprint density at radius 1 is 1.29 bits per heavy atom. The lowest BCUT2D eigenvalue weighted by Crippen LogP contribution is -2.17. The molecule has 162 valence electrons. The molecule has 0 aliphatic heterocycles. The van der Waals surface area contributed by atoms with E-state index >= 15 is 0 Å². The maximum Gasteiger partial charge on any atom is 0.274 e. The average molecular weight is 429 g/mol. The van der Waals surface area contributed by atoms with Gasteiger partial charge >= 0.3 is 0 Å². The third-order valence-corrected chi connectivity index (χ3v) is 4.81. The SMILES string of the molecule is COc1c(-c2cnn(C)n2)ccnc1Nc1cc(NC(=O)C2CC2)ncc1C(C)(F)F. The van der Waals surface area contributed by atoms with E-state index in [1.54, 1.807) is 19.3 Å². The summed E-state index contributed by atoms with van der Waals surface area (Å²) in [4.78, 5) is 21.7. The van der Waals surface area contributed by atoms with Crippen molar-refractivity contribution < 1.29 is 18.3 Å². The minimum absolute atomic E-state index is 0.0454. The molecular formula is C20H21F2N7O2. The number of hydrogen-bond donors (Lipinski definition) is 2. The Morgan fingerprint density at radius 3 is 2.68 bits per heavy atom. The second-order valence-electron chi connectivity index (χ2n) is 7.35. The number of amides is 1. The number of carbonyl (C=O) groups excluding carboxylic acids is 1. The third kappa shape index (κ3) is 4.44. The van der Waals surface area contributed by atoms with E-state index in [-0.39, 0.29) is 34.7 Å². The molecule has 1 amide bonds. The summed E-state index contributed by atoms with van der Waals surface area (Å²) >= 11 is 0. The number of halogens is 2. The smallest absolute Gasteiger partial charge is 0.274 e. The van der Waals surface area contributed by atoms with E-state index in [2.05, 4.69) is 30.8 Å². The highest BCUT2D eigenvalue weighted by Gasteiger charge is 2.32. The Labute approximate surface area is 176 Å². The number of carbonyl (C=O) groups is 1. The zero-order valence-corrected chi connectivity index (χ0v) is 17.2. The number of anilines is 3. The highest BCUT2D eigenvalue weighted by Crippen LogP contribution is 2.39. The van der Waals surface area contributed by atoms with Gasteiger partial charge in [0.15, 0.2) is 11.6 Å². The molecule has 0 unspecified atom stereocenters. The number of nitrogens with zero attached hydrogens (tertiary/aromatic N) is 5. The zero-order valence-electron chi connectivity index (χ0n) is 17.2. The minimum atomic E-state index is -3.18. The predicted octanol–water partition coefficient (Wildman–Crippen LogP) is 3.48. The summed E-state index contributed by atoms with van der Waals surface area (Å²) in [7, 11) is 3.13. The Balaban J connectivity index is 1.72. The largest absolute Gasteiger partial charge is 0.492 e. The molecule has 0 aromatic carbocycles. The fourth-order valence-electron chi connectivity index (χ4n) is 3.09. The zero-order chi connectivity index (χ0) is 22.2. The van der Waals surface area contributed by atoms with Crippen molar-refractivity contribution in [3.8, 4) is 17.0 Å². The molecule has 31 heavy (non-hydrogen) atoms. The van der Waals surface area contributed by atoms with Crippen LogP contribution in [0.4, 0.5) is 26.1 Å². The summed E-state index contributed by atoms with van der Waals surface area (Å²) in [6, 6.07) is 3.06. The van der Waals surface area contributed by atoms with E-state index < -0.39 is 5.92 Å². The number of hydrogen-bond acceptors (Lipinski definition) is 7. The second-order valence-corrected chi connectivity index (χ2v) is 7.35. The number of aromatic nitrogens is 5. The van der Waals surface area contributed by atoms with Crippen LogP contribution in [0.3, 0.4) is 0 Å². The first kappa shape index (κ1) is 20.6. The molecule has 0 bridgehead atoms. The number of ether oxygens (including phenoxy) is 1. The first-order valence-electron chi connectivity index (χ1n) is 9.62. The molecule has 0 saturated heterocycles. The van der Waals surface area contributed by atoms with Crippen LogP contribution < -0.4 is 15.4 Å². The number of nitrogens with one attached hydrogen (secondary N) is 2. The topological polar surface area (TPSA) is 107 Å². The van der Waals surface area contributed by atoms with Crippen LogP contribution in [0.15, 0.2) is 30.7 Å². The number of alkyl halides is 2. The summed E-state index contributed by atoms with van der Waals surface area (Å²) in [6.07, 6.45) is 5.75. The van der Waals surface area contributed by atoms with Gasteiger partial charge in [0.05, 0.1) is 30.1 Å². The summed E-state index contributed by atoms with van der Waals surface area (Å²) in [5, 5.41) is 13.9. The van der Waals surface area contributed by atoms with Crippen molar-refractivity contribution in [2.24, 2.45) is 13.0 Å². The van der Waals surface area contributed by atoms with Crippen LogP contribution in [-0.2, 0) is 17.8 Å². The molecule has 0 atom stereocenters. The van der Waals surface area contributed by atoms with Gasteiger partial charge in [0, 0.05) is 38.3 Å². The quantitative estimate of drug-likeness (QED) is 0.592. The van der Waals surface area contributed by atoms with Crippen LogP contribution in [0.2, 0.25) is 0 Å². The number of methoxy groups -OCH3 is 1. The van der Waals surface area contributed by atoms with Gasteiger partial charge in [-0.1, -0.05) is 0 Å². The van der Waals surface area contributed by atoms with E-state index in [1.807, 2.05) is 0 Å². The van der Waals surface area contributed by atoms with Crippen molar-refractivity contribution >= 4 is 23.2 Å². The molecule has 3 aromatic heterocycles. The summed E-state index contributed by atoms with van der Waals surface area (Å²) in [6.45, 7) is 0.776. The van der Waals surface area contributed by atoms with Crippen LogP contribution in [0.1, 0.15) is 25.3 Å². The standard InChI is InChI=1S/C20H21F2N7O2/c1-20(21,22)13-9-24-16(27-19(30)11-4-5-11)8-14(13)26-18-17(31-3)12(6-7-23-18)15-10-25-29(2)28-15/h6-11H,4-5H2,1-3H3,(H2,23,24,26,27,30). The Kier molecular flexibility index (Phi) is 5.25. The van der Waals surface area contributed by atoms with Crippen molar-refractivity contribution in [3.05, 3.63) is 36.3 Å². The van der Waals surface area contributed by atoms with Crippen molar-refractivity contribution in [1.29, 1.82) is 0 Å². The monoisotopic (exact) mass is 429 g/mol. The number of aryl methyl sites for hydroxylation is 1. The third-order valence-electron chi connectivity index (χ3n) is 4.81. The lowest BCUT2D eigenvalue weighted by molar-refractivity contribution is -0.117. The number of pyridine rings is 2. The molecule has 2 N–H and O–H groups in total. The Hall–Kier alpha value is -3.63. The Bertz CT molecular complexity index is 1120. The highest BCUT2D eigenvalue weighted by molar-refractivity contribution is 5.93. The molecule has 1 saturated carbocycles.